The Bertz CT molecular complexity index is 1570. The molecule has 0 aliphatic rings. The average molecular weight is 1040 g/mol. The van der Waals surface area contributed by atoms with Gasteiger partial charge in [0.1, 0.15) is 13.2 Å². The molecule has 0 spiro atoms. The van der Waals surface area contributed by atoms with E-state index < -0.39 is 6.10 Å². The summed E-state index contributed by atoms with van der Waals surface area (Å²) in [7, 11) is 0. The van der Waals surface area contributed by atoms with E-state index in [1.807, 2.05) is 0 Å². The summed E-state index contributed by atoms with van der Waals surface area (Å²) in [6.45, 7) is 6.45. The molecule has 0 aliphatic heterocycles. The van der Waals surface area contributed by atoms with Crippen molar-refractivity contribution in [1.82, 2.24) is 0 Å². The van der Waals surface area contributed by atoms with Gasteiger partial charge < -0.3 is 14.2 Å². The molecule has 75 heavy (non-hydrogen) atoms. The van der Waals surface area contributed by atoms with Crippen LogP contribution in [-0.4, -0.2) is 37.2 Å². The first-order chi connectivity index (χ1) is 37.0. The van der Waals surface area contributed by atoms with Crippen LogP contribution in [0, 0.1) is 0 Å². The fraction of sp³-hybridized carbons (Fsp3) is 0.667. The van der Waals surface area contributed by atoms with Crippen molar-refractivity contribution < 1.29 is 28.6 Å². The third-order valence-corrected chi connectivity index (χ3v) is 12.9. The Morgan fingerprint density at radius 2 is 0.520 bits per heavy atom. The van der Waals surface area contributed by atoms with Gasteiger partial charge in [-0.25, -0.2) is 0 Å². The monoisotopic (exact) mass is 1040 g/mol. The van der Waals surface area contributed by atoms with Crippen molar-refractivity contribution in [2.24, 2.45) is 0 Å². The van der Waals surface area contributed by atoms with E-state index in [2.05, 4.69) is 142 Å². The summed E-state index contributed by atoms with van der Waals surface area (Å²) in [5.74, 6) is -0.972. The molecule has 6 heteroatoms. The first-order valence-electron chi connectivity index (χ1n) is 31.0. The topological polar surface area (TPSA) is 78.9 Å². The Morgan fingerprint density at radius 3 is 0.840 bits per heavy atom. The second-order valence-corrected chi connectivity index (χ2v) is 20.2. The first kappa shape index (κ1) is 70.8. The second kappa shape index (κ2) is 62.4. The normalized spacial score (nSPS) is 12.9. The van der Waals surface area contributed by atoms with E-state index in [1.54, 1.807) is 0 Å². The molecule has 0 saturated heterocycles. The van der Waals surface area contributed by atoms with Crippen LogP contribution in [0.2, 0.25) is 0 Å². The minimum Gasteiger partial charge on any atom is -0.462 e. The van der Waals surface area contributed by atoms with Crippen LogP contribution in [0.15, 0.2) is 122 Å². The number of ether oxygens (including phenoxy) is 3. The van der Waals surface area contributed by atoms with Gasteiger partial charge >= 0.3 is 17.9 Å². The average Bonchev–Trinajstić information content (AvgIpc) is 3.41. The standard InChI is InChI=1S/C69H114O6/c1-4-7-10-13-16-19-22-25-28-30-32-34-36-38-41-44-47-50-53-56-59-62-68(71)74-65-66(64-73-67(70)61-58-55-52-49-46-43-40-27-24-21-18-15-12-9-6-3)75-69(72)63-60-57-54-51-48-45-42-39-37-35-33-31-29-26-23-20-17-14-11-8-5-2/h9,12,18,21-23,25-27,30-33,36-40,46,49,66H,4-8,10-11,13-17,19-20,24,28-29,34-35,41-45,47-48,50-65H2,1-3H3/b12-9-,21-18-,25-22-,26-23-,32-30-,33-31-,38-36-,39-37-,40-27-,49-46-. The van der Waals surface area contributed by atoms with Gasteiger partial charge in [0, 0.05) is 19.3 Å². The molecule has 0 N–H and O–H groups in total. The van der Waals surface area contributed by atoms with Crippen molar-refractivity contribution in [1.29, 1.82) is 0 Å². The van der Waals surface area contributed by atoms with Gasteiger partial charge in [-0.2, -0.15) is 0 Å². The molecule has 0 saturated carbocycles. The summed E-state index contributed by atoms with van der Waals surface area (Å²) in [4.78, 5) is 38.3. The van der Waals surface area contributed by atoms with Gasteiger partial charge in [-0.3, -0.25) is 14.4 Å². The summed E-state index contributed by atoms with van der Waals surface area (Å²) >= 11 is 0. The Balaban J connectivity index is 4.49. The summed E-state index contributed by atoms with van der Waals surface area (Å²) < 4.78 is 16.9. The smallest absolute Gasteiger partial charge is 0.306 e. The number of unbranched alkanes of at least 4 members (excludes halogenated alkanes) is 24. The third-order valence-electron chi connectivity index (χ3n) is 12.9. The molecule has 0 aliphatic carbocycles. The Labute approximate surface area is 462 Å². The SMILES string of the molecule is CC/C=C\C/C=C\C/C=C\C/C=C\CCCCC(=O)OCC(COC(=O)CCCCCCCC/C=C\C/C=C\C/C=C\CCCCCCC)OC(=O)CCCCCCCC/C=C\C/C=C\C/C=C\CCCCCCC. The molecule has 0 rings (SSSR count). The number of rotatable bonds is 55. The fourth-order valence-electron chi connectivity index (χ4n) is 8.27. The van der Waals surface area contributed by atoms with Crippen molar-refractivity contribution in [2.75, 3.05) is 13.2 Å². The van der Waals surface area contributed by atoms with Gasteiger partial charge in [0.15, 0.2) is 6.10 Å². The molecule has 1 atom stereocenters. The summed E-state index contributed by atoms with van der Waals surface area (Å²) in [6.07, 6.45) is 86.2. The number of carbonyl (C=O) groups is 3. The Kier molecular flexibility index (Phi) is 58.9. The van der Waals surface area contributed by atoms with Gasteiger partial charge in [-0.05, 0) is 135 Å². The predicted molar refractivity (Wildman–Crippen MR) is 325 cm³/mol. The minimum atomic E-state index is -0.813. The molecule has 0 aromatic rings. The molecule has 0 aromatic heterocycles. The van der Waals surface area contributed by atoms with Crippen LogP contribution in [-0.2, 0) is 28.6 Å². The van der Waals surface area contributed by atoms with Crippen LogP contribution in [0.1, 0.15) is 278 Å². The van der Waals surface area contributed by atoms with Crippen molar-refractivity contribution in [3.05, 3.63) is 122 Å². The lowest BCUT2D eigenvalue weighted by molar-refractivity contribution is -0.167. The predicted octanol–water partition coefficient (Wildman–Crippen LogP) is 21.2. The van der Waals surface area contributed by atoms with Crippen molar-refractivity contribution in [2.45, 2.75) is 284 Å². The van der Waals surface area contributed by atoms with E-state index in [-0.39, 0.29) is 31.1 Å². The lowest BCUT2D eigenvalue weighted by Gasteiger charge is -2.18. The second-order valence-electron chi connectivity index (χ2n) is 20.2. The van der Waals surface area contributed by atoms with E-state index in [9.17, 15) is 14.4 Å². The highest BCUT2D eigenvalue weighted by Crippen LogP contribution is 2.14. The van der Waals surface area contributed by atoms with Crippen LogP contribution >= 0.6 is 0 Å². The maximum absolute atomic E-state index is 12.9. The van der Waals surface area contributed by atoms with Crippen LogP contribution in [0.5, 0.6) is 0 Å². The van der Waals surface area contributed by atoms with Crippen molar-refractivity contribution in [3.63, 3.8) is 0 Å². The van der Waals surface area contributed by atoms with E-state index >= 15 is 0 Å². The highest BCUT2D eigenvalue weighted by Gasteiger charge is 2.19. The molecule has 0 heterocycles. The number of esters is 3. The molecule has 6 nitrogen and oxygen atoms in total. The molecule has 0 fully saturated rings. The number of hydrogen-bond donors (Lipinski definition) is 0. The highest BCUT2D eigenvalue weighted by molar-refractivity contribution is 5.71. The maximum Gasteiger partial charge on any atom is 0.306 e. The Morgan fingerprint density at radius 1 is 0.280 bits per heavy atom. The molecule has 0 radical (unpaired) electrons. The van der Waals surface area contributed by atoms with Crippen LogP contribution in [0.3, 0.4) is 0 Å². The summed E-state index contributed by atoms with van der Waals surface area (Å²) in [5.41, 5.74) is 0. The van der Waals surface area contributed by atoms with E-state index in [1.165, 1.54) is 103 Å². The highest BCUT2D eigenvalue weighted by atomic mass is 16.6. The van der Waals surface area contributed by atoms with E-state index in [0.717, 1.165) is 128 Å². The molecule has 1 unspecified atom stereocenters. The summed E-state index contributed by atoms with van der Waals surface area (Å²) in [6, 6.07) is 0. The van der Waals surface area contributed by atoms with Gasteiger partial charge in [0.05, 0.1) is 0 Å². The van der Waals surface area contributed by atoms with E-state index in [0.29, 0.717) is 25.7 Å². The summed E-state index contributed by atoms with van der Waals surface area (Å²) in [5, 5.41) is 0. The molecule has 426 valence electrons. The largest absolute Gasteiger partial charge is 0.462 e. The zero-order valence-corrected chi connectivity index (χ0v) is 48.8. The van der Waals surface area contributed by atoms with E-state index in [4.69, 9.17) is 14.2 Å². The van der Waals surface area contributed by atoms with Crippen LogP contribution < -0.4 is 0 Å². The quantitative estimate of drug-likeness (QED) is 0.0261. The Hall–Kier alpha value is -4.19. The van der Waals surface area contributed by atoms with Gasteiger partial charge in [0.2, 0.25) is 0 Å². The zero-order chi connectivity index (χ0) is 54.3. The maximum atomic E-state index is 12.9. The number of hydrogen-bond acceptors (Lipinski definition) is 6. The van der Waals surface area contributed by atoms with Crippen LogP contribution in [0.4, 0.5) is 0 Å². The molecular weight excluding hydrogens is 925 g/mol. The number of allylic oxidation sites excluding steroid dienone is 20. The van der Waals surface area contributed by atoms with Gasteiger partial charge in [-0.1, -0.05) is 245 Å². The molecule has 0 amide bonds. The lowest BCUT2D eigenvalue weighted by atomic mass is 10.1. The number of carbonyl (C=O) groups excluding carboxylic acids is 3. The minimum absolute atomic E-state index is 0.106. The third kappa shape index (κ3) is 60.6. The fourth-order valence-corrected chi connectivity index (χ4v) is 8.27. The van der Waals surface area contributed by atoms with Crippen molar-refractivity contribution in [3.8, 4) is 0 Å². The molecule has 0 bridgehead atoms. The lowest BCUT2D eigenvalue weighted by Crippen LogP contribution is -2.30. The zero-order valence-electron chi connectivity index (χ0n) is 48.8. The first-order valence-corrected chi connectivity index (χ1v) is 31.0. The van der Waals surface area contributed by atoms with Gasteiger partial charge in [0.25, 0.3) is 0 Å². The molecular formula is C69H114O6. The van der Waals surface area contributed by atoms with Crippen molar-refractivity contribution >= 4 is 17.9 Å². The molecule has 0 aromatic carbocycles. The van der Waals surface area contributed by atoms with Gasteiger partial charge in [-0.15, -0.1) is 0 Å². The van der Waals surface area contributed by atoms with Crippen LogP contribution in [0.25, 0.3) is 0 Å².